The molecular formula is C10H12ClN5O2. The molecule has 3 N–H and O–H groups in total. The summed E-state index contributed by atoms with van der Waals surface area (Å²) in [4.78, 5) is 0. The second-order valence-electron chi connectivity index (χ2n) is 3.55. The van der Waals surface area contributed by atoms with Gasteiger partial charge >= 0.3 is 0 Å². The van der Waals surface area contributed by atoms with Gasteiger partial charge in [-0.2, -0.15) is 5.21 Å². The summed E-state index contributed by atoms with van der Waals surface area (Å²) in [6.45, 7) is 0.849. The quantitative estimate of drug-likeness (QED) is 0.745. The highest BCUT2D eigenvalue weighted by Gasteiger charge is 2.10. The van der Waals surface area contributed by atoms with Crippen LogP contribution in [-0.4, -0.2) is 32.8 Å². The lowest BCUT2D eigenvalue weighted by Crippen LogP contribution is -2.14. The molecule has 0 atom stereocenters. The van der Waals surface area contributed by atoms with Gasteiger partial charge in [-0.15, -0.1) is 10.2 Å². The number of ether oxygens (including phenoxy) is 1. The minimum Gasteiger partial charge on any atom is -0.504 e. The highest BCUT2D eigenvalue weighted by Crippen LogP contribution is 2.33. The molecule has 8 heteroatoms. The minimum absolute atomic E-state index is 0.0718. The third-order valence-electron chi connectivity index (χ3n) is 2.33. The molecule has 0 saturated heterocycles. The summed E-state index contributed by atoms with van der Waals surface area (Å²) in [7, 11) is 1.47. The van der Waals surface area contributed by atoms with Gasteiger partial charge in [0, 0.05) is 23.2 Å². The van der Waals surface area contributed by atoms with E-state index in [9.17, 15) is 5.11 Å². The Bertz CT molecular complexity index is 517. The number of methoxy groups -OCH3 is 1. The number of tetrazole rings is 1. The monoisotopic (exact) mass is 269 g/mol. The van der Waals surface area contributed by atoms with Crippen LogP contribution in [-0.2, 0) is 13.1 Å². The van der Waals surface area contributed by atoms with Crippen molar-refractivity contribution in [2.24, 2.45) is 0 Å². The Morgan fingerprint density at radius 1 is 1.44 bits per heavy atom. The topological polar surface area (TPSA) is 96.0 Å². The first kappa shape index (κ1) is 12.6. The molecule has 7 nitrogen and oxygen atoms in total. The number of H-pyrrole nitrogens is 1. The molecule has 1 aromatic heterocycles. The van der Waals surface area contributed by atoms with Crippen LogP contribution < -0.4 is 10.1 Å². The number of aromatic nitrogens is 4. The maximum atomic E-state index is 9.90. The molecule has 18 heavy (non-hydrogen) atoms. The number of benzene rings is 1. The van der Waals surface area contributed by atoms with Crippen molar-refractivity contribution in [3.8, 4) is 11.5 Å². The molecule has 0 fully saturated rings. The average molecular weight is 270 g/mol. The molecular weight excluding hydrogens is 258 g/mol. The van der Waals surface area contributed by atoms with Gasteiger partial charge in [-0.1, -0.05) is 16.8 Å². The van der Waals surface area contributed by atoms with E-state index in [0.29, 0.717) is 35.2 Å². The average Bonchev–Trinajstić information content (AvgIpc) is 2.86. The summed E-state index contributed by atoms with van der Waals surface area (Å²) < 4.78 is 5.02. The molecule has 2 aromatic rings. The van der Waals surface area contributed by atoms with Gasteiger partial charge in [0.1, 0.15) is 0 Å². The number of hydrogen-bond donors (Lipinski definition) is 3. The van der Waals surface area contributed by atoms with Crippen molar-refractivity contribution in [2.45, 2.75) is 13.1 Å². The molecule has 0 aliphatic rings. The first-order valence-corrected chi connectivity index (χ1v) is 5.57. The highest BCUT2D eigenvalue weighted by molar-refractivity contribution is 6.30. The molecule has 0 aliphatic carbocycles. The van der Waals surface area contributed by atoms with Gasteiger partial charge in [0.2, 0.25) is 0 Å². The van der Waals surface area contributed by atoms with Crippen LogP contribution in [0.1, 0.15) is 11.4 Å². The van der Waals surface area contributed by atoms with Gasteiger partial charge in [-0.25, -0.2) is 0 Å². The van der Waals surface area contributed by atoms with E-state index in [4.69, 9.17) is 16.3 Å². The lowest BCUT2D eigenvalue weighted by molar-refractivity contribution is 0.369. The molecule has 0 spiro atoms. The first-order valence-electron chi connectivity index (χ1n) is 5.19. The third-order valence-corrected chi connectivity index (χ3v) is 2.54. The van der Waals surface area contributed by atoms with E-state index in [1.54, 1.807) is 12.1 Å². The Kier molecular flexibility index (Phi) is 3.96. The smallest absolute Gasteiger partial charge is 0.188 e. The molecule has 0 unspecified atom stereocenters. The molecule has 2 rings (SSSR count). The fourth-order valence-electron chi connectivity index (χ4n) is 1.49. The fraction of sp³-hybridized carbons (Fsp3) is 0.300. The van der Waals surface area contributed by atoms with Crippen molar-refractivity contribution in [3.05, 3.63) is 28.5 Å². The Hall–Kier alpha value is -1.86. The van der Waals surface area contributed by atoms with E-state index in [1.807, 2.05) is 0 Å². The summed E-state index contributed by atoms with van der Waals surface area (Å²) in [5, 5.41) is 26.9. The molecule has 0 radical (unpaired) electrons. The number of phenols is 1. The summed E-state index contributed by atoms with van der Waals surface area (Å²) >= 11 is 5.92. The van der Waals surface area contributed by atoms with Gasteiger partial charge in [0.05, 0.1) is 13.7 Å². The third kappa shape index (κ3) is 2.88. The fourth-order valence-corrected chi connectivity index (χ4v) is 1.72. The van der Waals surface area contributed by atoms with Gasteiger partial charge in [-0.3, -0.25) is 0 Å². The van der Waals surface area contributed by atoms with Gasteiger partial charge in [0.25, 0.3) is 0 Å². The second kappa shape index (κ2) is 5.65. The first-order chi connectivity index (χ1) is 8.70. The minimum atomic E-state index is 0.0718. The molecule has 0 aliphatic heterocycles. The molecule has 0 bridgehead atoms. The molecule has 0 amide bonds. The van der Waals surface area contributed by atoms with Crippen LogP contribution in [0.3, 0.4) is 0 Å². The predicted molar refractivity (Wildman–Crippen MR) is 64.4 cm³/mol. The van der Waals surface area contributed by atoms with E-state index in [1.165, 1.54) is 7.11 Å². The van der Waals surface area contributed by atoms with Crippen molar-refractivity contribution in [1.29, 1.82) is 0 Å². The largest absolute Gasteiger partial charge is 0.504 e. The van der Waals surface area contributed by atoms with Crippen molar-refractivity contribution >= 4 is 11.6 Å². The van der Waals surface area contributed by atoms with Crippen LogP contribution in [0.25, 0.3) is 0 Å². The Balaban J connectivity index is 2.02. The maximum Gasteiger partial charge on any atom is 0.188 e. The van der Waals surface area contributed by atoms with Crippen molar-refractivity contribution in [3.63, 3.8) is 0 Å². The van der Waals surface area contributed by atoms with Crippen molar-refractivity contribution < 1.29 is 9.84 Å². The second-order valence-corrected chi connectivity index (χ2v) is 3.98. The van der Waals surface area contributed by atoms with E-state index in [2.05, 4.69) is 25.9 Å². The number of rotatable bonds is 5. The van der Waals surface area contributed by atoms with E-state index < -0.39 is 0 Å². The maximum absolute atomic E-state index is 9.90. The van der Waals surface area contributed by atoms with Gasteiger partial charge in [0.15, 0.2) is 17.3 Å². The number of nitrogens with one attached hydrogen (secondary N) is 2. The van der Waals surface area contributed by atoms with E-state index >= 15 is 0 Å². The molecule has 1 heterocycles. The summed E-state index contributed by atoms with van der Waals surface area (Å²) in [5.74, 6) is 0.963. The number of aromatic hydroxyl groups is 1. The van der Waals surface area contributed by atoms with Crippen LogP contribution in [0.15, 0.2) is 12.1 Å². The van der Waals surface area contributed by atoms with Crippen LogP contribution in [0.4, 0.5) is 0 Å². The zero-order valence-electron chi connectivity index (χ0n) is 9.64. The van der Waals surface area contributed by atoms with Crippen molar-refractivity contribution in [1.82, 2.24) is 25.9 Å². The Morgan fingerprint density at radius 3 is 2.94 bits per heavy atom. The highest BCUT2D eigenvalue weighted by atomic mass is 35.5. The van der Waals surface area contributed by atoms with Crippen LogP contribution in [0.2, 0.25) is 5.02 Å². The number of nitrogens with zero attached hydrogens (tertiary/aromatic N) is 3. The number of halogens is 1. The lowest BCUT2D eigenvalue weighted by atomic mass is 10.2. The Labute approximate surface area is 108 Å². The van der Waals surface area contributed by atoms with Gasteiger partial charge < -0.3 is 15.2 Å². The van der Waals surface area contributed by atoms with Crippen LogP contribution in [0, 0.1) is 0 Å². The summed E-state index contributed by atoms with van der Waals surface area (Å²) in [6.07, 6.45) is 0. The SMILES string of the molecule is COc1cc(Cl)cc(CNCc2nn[nH]n2)c1O. The molecule has 96 valence electrons. The zero-order chi connectivity index (χ0) is 13.0. The zero-order valence-corrected chi connectivity index (χ0v) is 10.4. The van der Waals surface area contributed by atoms with Crippen LogP contribution >= 0.6 is 11.6 Å². The number of hydrogen-bond acceptors (Lipinski definition) is 6. The lowest BCUT2D eigenvalue weighted by Gasteiger charge is -2.10. The summed E-state index contributed by atoms with van der Waals surface area (Å²) in [5.41, 5.74) is 0.642. The molecule has 1 aromatic carbocycles. The summed E-state index contributed by atoms with van der Waals surface area (Å²) in [6, 6.07) is 3.22. The van der Waals surface area contributed by atoms with Crippen LogP contribution in [0.5, 0.6) is 11.5 Å². The normalized spacial score (nSPS) is 10.6. The van der Waals surface area contributed by atoms with E-state index in [0.717, 1.165) is 0 Å². The van der Waals surface area contributed by atoms with E-state index in [-0.39, 0.29) is 5.75 Å². The number of phenolic OH excluding ortho intramolecular Hbond substituents is 1. The standard InChI is InChI=1S/C10H12ClN5O2/c1-18-8-3-7(11)2-6(10(8)17)4-12-5-9-13-15-16-14-9/h2-3,12,17H,4-5H2,1H3,(H,13,14,15,16). The number of aromatic amines is 1. The van der Waals surface area contributed by atoms with Crippen molar-refractivity contribution in [2.75, 3.05) is 7.11 Å². The Morgan fingerprint density at radius 2 is 2.28 bits per heavy atom. The van der Waals surface area contributed by atoms with Gasteiger partial charge in [-0.05, 0) is 6.07 Å². The predicted octanol–water partition coefficient (Wildman–Crippen LogP) is 0.857. The molecule has 0 saturated carbocycles.